The van der Waals surface area contributed by atoms with Crippen LogP contribution in [-0.4, -0.2) is 46.4 Å². The Labute approximate surface area is 165 Å². The van der Waals surface area contributed by atoms with Gasteiger partial charge < -0.3 is 15.4 Å². The topological polar surface area (TPSA) is 79.8 Å². The standard InChI is InChI=1S/C20H26FN3O3S/c1-2-22-20(23-13-8-15-27-17-9-4-3-5-10-17)24-14-16-28(25,26)19-12-7-6-11-18(19)21/h3-7,9-12H,2,8,13-16H2,1H3,(H2,22,23,24). The number of halogens is 1. The largest absolute Gasteiger partial charge is 0.494 e. The fourth-order valence-electron chi connectivity index (χ4n) is 2.41. The predicted octanol–water partition coefficient (Wildman–Crippen LogP) is 2.62. The Hall–Kier alpha value is -2.61. The predicted molar refractivity (Wildman–Crippen MR) is 109 cm³/mol. The van der Waals surface area contributed by atoms with Gasteiger partial charge >= 0.3 is 0 Å². The second-order valence-electron chi connectivity index (χ2n) is 5.95. The van der Waals surface area contributed by atoms with Crippen LogP contribution in [0.3, 0.4) is 0 Å². The van der Waals surface area contributed by atoms with Crippen molar-refractivity contribution in [3.05, 3.63) is 60.4 Å². The third-order valence-electron chi connectivity index (χ3n) is 3.76. The quantitative estimate of drug-likeness (QED) is 0.360. The zero-order valence-corrected chi connectivity index (χ0v) is 16.7. The van der Waals surface area contributed by atoms with Crippen molar-refractivity contribution in [1.29, 1.82) is 0 Å². The third kappa shape index (κ3) is 7.19. The summed E-state index contributed by atoms with van der Waals surface area (Å²) in [5.41, 5.74) is 0. The number of rotatable bonds is 10. The molecule has 2 aromatic carbocycles. The molecule has 0 aliphatic carbocycles. The van der Waals surface area contributed by atoms with Crippen LogP contribution in [0.15, 0.2) is 64.5 Å². The minimum absolute atomic E-state index is 0.128. The van der Waals surface area contributed by atoms with Crippen molar-refractivity contribution in [3.63, 3.8) is 0 Å². The van der Waals surface area contributed by atoms with Gasteiger partial charge in [-0.15, -0.1) is 0 Å². The van der Waals surface area contributed by atoms with Crippen LogP contribution in [0.1, 0.15) is 13.3 Å². The molecule has 0 unspecified atom stereocenters. The fraction of sp³-hybridized carbons (Fsp3) is 0.350. The normalized spacial score (nSPS) is 11.9. The van der Waals surface area contributed by atoms with Crippen LogP contribution in [0.5, 0.6) is 5.75 Å². The number of para-hydroxylation sites is 1. The Balaban J connectivity index is 1.78. The summed E-state index contributed by atoms with van der Waals surface area (Å²) in [5.74, 6) is 0.373. The van der Waals surface area contributed by atoms with Gasteiger partial charge in [0.15, 0.2) is 15.8 Å². The lowest BCUT2D eigenvalue weighted by Crippen LogP contribution is -2.39. The summed E-state index contributed by atoms with van der Waals surface area (Å²) >= 11 is 0. The average molecular weight is 408 g/mol. The first-order valence-corrected chi connectivity index (χ1v) is 10.9. The lowest BCUT2D eigenvalue weighted by molar-refractivity contribution is 0.313. The highest BCUT2D eigenvalue weighted by Gasteiger charge is 2.18. The van der Waals surface area contributed by atoms with E-state index in [-0.39, 0.29) is 17.2 Å². The Kier molecular flexibility index (Phi) is 8.74. The lowest BCUT2D eigenvalue weighted by Gasteiger charge is -2.12. The minimum Gasteiger partial charge on any atom is -0.494 e. The van der Waals surface area contributed by atoms with Crippen molar-refractivity contribution in [3.8, 4) is 5.75 Å². The second kappa shape index (κ2) is 11.3. The Morgan fingerprint density at radius 2 is 1.79 bits per heavy atom. The Morgan fingerprint density at radius 1 is 1.07 bits per heavy atom. The molecule has 8 heteroatoms. The first-order chi connectivity index (χ1) is 13.5. The molecule has 0 heterocycles. The van der Waals surface area contributed by atoms with Crippen molar-refractivity contribution in [2.24, 2.45) is 4.99 Å². The molecule has 0 bridgehead atoms. The molecule has 0 saturated carbocycles. The van der Waals surface area contributed by atoms with Gasteiger partial charge in [0.25, 0.3) is 0 Å². The molecule has 2 N–H and O–H groups in total. The first-order valence-electron chi connectivity index (χ1n) is 9.20. The molecule has 152 valence electrons. The lowest BCUT2D eigenvalue weighted by atomic mass is 10.3. The third-order valence-corrected chi connectivity index (χ3v) is 5.51. The van der Waals surface area contributed by atoms with Gasteiger partial charge in [-0.3, -0.25) is 4.99 Å². The van der Waals surface area contributed by atoms with Crippen molar-refractivity contribution in [2.75, 3.05) is 32.0 Å². The van der Waals surface area contributed by atoms with Crippen LogP contribution in [0.4, 0.5) is 4.39 Å². The summed E-state index contributed by atoms with van der Waals surface area (Å²) in [6.07, 6.45) is 0.721. The summed E-state index contributed by atoms with van der Waals surface area (Å²) in [7, 11) is -3.70. The van der Waals surface area contributed by atoms with Gasteiger partial charge in [0.2, 0.25) is 0 Å². The van der Waals surface area contributed by atoms with E-state index >= 15 is 0 Å². The summed E-state index contributed by atoms with van der Waals surface area (Å²) in [6.45, 7) is 3.76. The van der Waals surface area contributed by atoms with E-state index in [9.17, 15) is 12.8 Å². The van der Waals surface area contributed by atoms with Gasteiger partial charge in [0.05, 0.1) is 12.4 Å². The van der Waals surface area contributed by atoms with E-state index in [0.717, 1.165) is 18.2 Å². The van der Waals surface area contributed by atoms with E-state index in [0.29, 0.717) is 25.7 Å². The van der Waals surface area contributed by atoms with Crippen LogP contribution < -0.4 is 15.4 Å². The zero-order valence-electron chi connectivity index (χ0n) is 15.9. The average Bonchev–Trinajstić information content (AvgIpc) is 2.68. The molecule has 0 amide bonds. The molecule has 0 aromatic heterocycles. The van der Waals surface area contributed by atoms with E-state index in [4.69, 9.17) is 4.74 Å². The molecular formula is C20H26FN3O3S. The number of hydrogen-bond acceptors (Lipinski definition) is 4. The summed E-state index contributed by atoms with van der Waals surface area (Å²) in [4.78, 5) is 4.12. The van der Waals surface area contributed by atoms with Gasteiger partial charge in [0.1, 0.15) is 16.5 Å². The zero-order chi connectivity index (χ0) is 20.2. The SMILES string of the molecule is CCNC(=NCCCOc1ccccc1)NCCS(=O)(=O)c1ccccc1F. The number of nitrogens with one attached hydrogen (secondary N) is 2. The first kappa shape index (κ1) is 21.7. The molecule has 0 spiro atoms. The van der Waals surface area contributed by atoms with E-state index in [2.05, 4.69) is 15.6 Å². The second-order valence-corrected chi connectivity index (χ2v) is 8.03. The van der Waals surface area contributed by atoms with Gasteiger partial charge in [0, 0.05) is 26.1 Å². The van der Waals surface area contributed by atoms with Crippen LogP contribution in [0.2, 0.25) is 0 Å². The van der Waals surface area contributed by atoms with E-state index in [1.54, 1.807) is 0 Å². The number of benzene rings is 2. The smallest absolute Gasteiger partial charge is 0.191 e. The maximum atomic E-state index is 13.7. The fourth-order valence-corrected chi connectivity index (χ4v) is 3.66. The van der Waals surface area contributed by atoms with Crippen molar-refractivity contribution < 1.29 is 17.5 Å². The summed E-state index contributed by atoms with van der Waals surface area (Å²) in [5, 5.41) is 6.03. The van der Waals surface area contributed by atoms with Crippen molar-refractivity contribution in [1.82, 2.24) is 10.6 Å². The van der Waals surface area contributed by atoms with Crippen molar-refractivity contribution in [2.45, 2.75) is 18.2 Å². The number of ether oxygens (including phenoxy) is 1. The summed E-state index contributed by atoms with van der Waals surface area (Å²) < 4.78 is 43.9. The number of guanidine groups is 1. The summed E-state index contributed by atoms with van der Waals surface area (Å²) in [6, 6.07) is 14.9. The highest BCUT2D eigenvalue weighted by molar-refractivity contribution is 7.91. The van der Waals surface area contributed by atoms with E-state index in [1.165, 1.54) is 18.2 Å². The molecule has 0 saturated heterocycles. The molecular weight excluding hydrogens is 381 g/mol. The van der Waals surface area contributed by atoms with Crippen molar-refractivity contribution >= 4 is 15.8 Å². The number of sulfone groups is 1. The van der Waals surface area contributed by atoms with Gasteiger partial charge in [-0.25, -0.2) is 12.8 Å². The highest BCUT2D eigenvalue weighted by atomic mass is 32.2. The van der Waals surface area contributed by atoms with Crippen LogP contribution in [-0.2, 0) is 9.84 Å². The van der Waals surface area contributed by atoms with Gasteiger partial charge in [-0.1, -0.05) is 30.3 Å². The Morgan fingerprint density at radius 3 is 2.50 bits per heavy atom. The molecule has 0 aliphatic rings. The van der Waals surface area contributed by atoms with Gasteiger partial charge in [-0.2, -0.15) is 0 Å². The monoisotopic (exact) mass is 407 g/mol. The van der Waals surface area contributed by atoms with E-state index in [1.807, 2.05) is 37.3 Å². The molecule has 0 aliphatic heterocycles. The van der Waals surface area contributed by atoms with Crippen LogP contribution in [0, 0.1) is 5.82 Å². The van der Waals surface area contributed by atoms with Crippen LogP contribution >= 0.6 is 0 Å². The minimum atomic E-state index is -3.70. The molecule has 2 aromatic rings. The molecule has 28 heavy (non-hydrogen) atoms. The molecule has 0 atom stereocenters. The van der Waals surface area contributed by atoms with E-state index < -0.39 is 15.7 Å². The molecule has 0 radical (unpaired) electrons. The highest BCUT2D eigenvalue weighted by Crippen LogP contribution is 2.14. The number of aliphatic imine (C=N–C) groups is 1. The number of hydrogen-bond donors (Lipinski definition) is 2. The molecule has 6 nitrogen and oxygen atoms in total. The molecule has 2 rings (SSSR count). The van der Waals surface area contributed by atoms with Crippen LogP contribution in [0.25, 0.3) is 0 Å². The Bertz CT molecular complexity index is 858. The number of nitrogens with zero attached hydrogens (tertiary/aromatic N) is 1. The molecule has 0 fully saturated rings. The maximum Gasteiger partial charge on any atom is 0.191 e. The maximum absolute atomic E-state index is 13.7. The van der Waals surface area contributed by atoms with Gasteiger partial charge in [-0.05, 0) is 31.2 Å².